The summed E-state index contributed by atoms with van der Waals surface area (Å²) in [5.41, 5.74) is 1.82. The zero-order chi connectivity index (χ0) is 20.4. The van der Waals surface area contributed by atoms with E-state index >= 15 is 0 Å². The molecule has 2 aromatic carbocycles. The van der Waals surface area contributed by atoms with E-state index in [2.05, 4.69) is 10.6 Å². The minimum absolute atomic E-state index is 0.0179. The van der Waals surface area contributed by atoms with Crippen LogP contribution in [-0.4, -0.2) is 47.2 Å². The molecule has 0 aromatic heterocycles. The van der Waals surface area contributed by atoms with Crippen molar-refractivity contribution in [2.45, 2.75) is 39.0 Å². The average molecular weight is 389 g/mol. The number of ether oxygens (including phenoxy) is 1. The highest BCUT2D eigenvalue weighted by atomic mass is 16.5. The van der Waals surface area contributed by atoms with E-state index in [1.807, 2.05) is 50.2 Å². The van der Waals surface area contributed by atoms with Gasteiger partial charge >= 0.3 is 0 Å². The Morgan fingerprint density at radius 3 is 2.18 bits per heavy atom. The Morgan fingerprint density at radius 2 is 1.50 bits per heavy atom. The number of aliphatic hydroxyl groups is 2. The highest BCUT2D eigenvalue weighted by Crippen LogP contribution is 2.20. The number of hydrogen-bond donors (Lipinski definition) is 5. The van der Waals surface area contributed by atoms with Crippen LogP contribution in [0.4, 0.5) is 0 Å². The molecule has 2 rings (SSSR count). The van der Waals surface area contributed by atoms with Gasteiger partial charge in [0.25, 0.3) is 0 Å². The minimum Gasteiger partial charge on any atom is -0.508 e. The summed E-state index contributed by atoms with van der Waals surface area (Å²) in [6.45, 7) is 5.55. The van der Waals surface area contributed by atoms with Crippen LogP contribution in [0.2, 0.25) is 0 Å². The summed E-state index contributed by atoms with van der Waals surface area (Å²) in [7, 11) is 0. The van der Waals surface area contributed by atoms with Gasteiger partial charge < -0.3 is 30.7 Å². The van der Waals surface area contributed by atoms with Crippen molar-refractivity contribution in [1.29, 1.82) is 0 Å². The second kappa shape index (κ2) is 11.7. The van der Waals surface area contributed by atoms with Crippen LogP contribution >= 0.6 is 0 Å². The van der Waals surface area contributed by atoms with Gasteiger partial charge in [-0.3, -0.25) is 0 Å². The van der Waals surface area contributed by atoms with Crippen LogP contribution in [0.15, 0.2) is 48.5 Å². The molecule has 5 N–H and O–H groups in total. The SMILES string of the molecule is CC(COc1ccccc1CN[C@@H](C)CO)[C@@H](CO)NCc1ccccc1O. The van der Waals surface area contributed by atoms with Crippen LogP contribution in [0.1, 0.15) is 25.0 Å². The summed E-state index contributed by atoms with van der Waals surface area (Å²) in [6, 6.07) is 14.8. The number of benzene rings is 2. The smallest absolute Gasteiger partial charge is 0.123 e. The van der Waals surface area contributed by atoms with Gasteiger partial charge in [-0.15, -0.1) is 0 Å². The first-order valence-corrected chi connectivity index (χ1v) is 9.71. The van der Waals surface area contributed by atoms with Gasteiger partial charge in [0.2, 0.25) is 0 Å². The van der Waals surface area contributed by atoms with E-state index < -0.39 is 0 Å². The van der Waals surface area contributed by atoms with Crippen molar-refractivity contribution in [3.63, 3.8) is 0 Å². The van der Waals surface area contributed by atoms with Crippen LogP contribution in [0.5, 0.6) is 11.5 Å². The summed E-state index contributed by atoms with van der Waals surface area (Å²) in [5.74, 6) is 1.10. The largest absolute Gasteiger partial charge is 0.508 e. The van der Waals surface area contributed by atoms with Crippen molar-refractivity contribution in [3.8, 4) is 11.5 Å². The van der Waals surface area contributed by atoms with E-state index in [4.69, 9.17) is 9.84 Å². The molecule has 0 bridgehead atoms. The molecule has 0 aliphatic carbocycles. The zero-order valence-electron chi connectivity index (χ0n) is 16.6. The van der Waals surface area contributed by atoms with Gasteiger partial charge in [0.05, 0.1) is 19.8 Å². The maximum absolute atomic E-state index is 9.88. The second-order valence-corrected chi connectivity index (χ2v) is 7.16. The fourth-order valence-electron chi connectivity index (χ4n) is 2.82. The number of hydrogen-bond acceptors (Lipinski definition) is 6. The molecule has 28 heavy (non-hydrogen) atoms. The van der Waals surface area contributed by atoms with Crippen LogP contribution in [0, 0.1) is 5.92 Å². The van der Waals surface area contributed by atoms with Gasteiger partial charge in [0.1, 0.15) is 11.5 Å². The first-order chi connectivity index (χ1) is 13.5. The molecule has 0 aliphatic heterocycles. The summed E-state index contributed by atoms with van der Waals surface area (Å²) in [6.07, 6.45) is 0. The molecule has 6 heteroatoms. The Morgan fingerprint density at radius 1 is 0.857 bits per heavy atom. The Kier molecular flexibility index (Phi) is 9.23. The summed E-state index contributed by atoms with van der Waals surface area (Å²) >= 11 is 0. The maximum atomic E-state index is 9.88. The molecule has 0 saturated carbocycles. The lowest BCUT2D eigenvalue weighted by atomic mass is 10.0. The van der Waals surface area contributed by atoms with Crippen molar-refractivity contribution in [2.24, 2.45) is 5.92 Å². The van der Waals surface area contributed by atoms with Crippen molar-refractivity contribution in [3.05, 3.63) is 59.7 Å². The number of phenols is 1. The minimum atomic E-state index is -0.153. The van der Waals surface area contributed by atoms with E-state index in [1.54, 1.807) is 12.1 Å². The summed E-state index contributed by atoms with van der Waals surface area (Å²) in [4.78, 5) is 0. The second-order valence-electron chi connectivity index (χ2n) is 7.16. The third-order valence-corrected chi connectivity index (χ3v) is 4.82. The number of phenolic OH excluding ortho intramolecular Hbond substituents is 1. The van der Waals surface area contributed by atoms with E-state index in [1.165, 1.54) is 0 Å². The molecule has 1 unspecified atom stereocenters. The number of para-hydroxylation sites is 2. The molecule has 0 amide bonds. The Balaban J connectivity index is 1.89. The molecule has 0 spiro atoms. The number of aliphatic hydroxyl groups excluding tert-OH is 2. The quantitative estimate of drug-likeness (QED) is 0.382. The van der Waals surface area contributed by atoms with Crippen molar-refractivity contribution in [1.82, 2.24) is 10.6 Å². The number of nitrogens with one attached hydrogen (secondary N) is 2. The van der Waals surface area contributed by atoms with E-state index in [-0.39, 0.29) is 37.0 Å². The lowest BCUT2D eigenvalue weighted by Crippen LogP contribution is -2.40. The first kappa shape index (κ1) is 22.2. The zero-order valence-corrected chi connectivity index (χ0v) is 16.6. The summed E-state index contributed by atoms with van der Waals surface area (Å²) in [5, 5.41) is 35.3. The molecular formula is C22H32N2O4. The molecule has 6 nitrogen and oxygen atoms in total. The van der Waals surface area contributed by atoms with Gasteiger partial charge in [-0.05, 0) is 19.1 Å². The molecule has 0 radical (unpaired) electrons. The highest BCUT2D eigenvalue weighted by molar-refractivity contribution is 5.33. The molecule has 0 heterocycles. The monoisotopic (exact) mass is 388 g/mol. The number of aromatic hydroxyl groups is 1. The Bertz CT molecular complexity index is 710. The van der Waals surface area contributed by atoms with Gasteiger partial charge in [0, 0.05) is 42.2 Å². The van der Waals surface area contributed by atoms with Crippen LogP contribution in [0.3, 0.4) is 0 Å². The average Bonchev–Trinajstić information content (AvgIpc) is 2.72. The van der Waals surface area contributed by atoms with Crippen LogP contribution in [-0.2, 0) is 13.1 Å². The van der Waals surface area contributed by atoms with Gasteiger partial charge in [-0.2, -0.15) is 0 Å². The Labute approximate surface area is 167 Å². The number of rotatable bonds is 12. The van der Waals surface area contributed by atoms with Crippen LogP contribution < -0.4 is 15.4 Å². The molecule has 154 valence electrons. The molecular weight excluding hydrogens is 356 g/mol. The van der Waals surface area contributed by atoms with Gasteiger partial charge in [0.15, 0.2) is 0 Å². The van der Waals surface area contributed by atoms with E-state index in [0.29, 0.717) is 19.7 Å². The lowest BCUT2D eigenvalue weighted by molar-refractivity contribution is 0.159. The Hall–Kier alpha value is -2.12. The molecule has 2 aromatic rings. The predicted molar refractivity (Wildman–Crippen MR) is 110 cm³/mol. The topological polar surface area (TPSA) is 94.0 Å². The van der Waals surface area contributed by atoms with Crippen molar-refractivity contribution < 1.29 is 20.1 Å². The van der Waals surface area contributed by atoms with E-state index in [9.17, 15) is 10.2 Å². The molecule has 0 fully saturated rings. The third kappa shape index (κ3) is 6.80. The maximum Gasteiger partial charge on any atom is 0.123 e. The van der Waals surface area contributed by atoms with Crippen LogP contribution in [0.25, 0.3) is 0 Å². The third-order valence-electron chi connectivity index (χ3n) is 4.82. The molecule has 0 aliphatic rings. The van der Waals surface area contributed by atoms with Gasteiger partial charge in [-0.1, -0.05) is 43.3 Å². The summed E-state index contributed by atoms with van der Waals surface area (Å²) < 4.78 is 6.02. The fraction of sp³-hybridized carbons (Fsp3) is 0.455. The fourth-order valence-corrected chi connectivity index (χ4v) is 2.82. The van der Waals surface area contributed by atoms with Crippen molar-refractivity contribution >= 4 is 0 Å². The van der Waals surface area contributed by atoms with E-state index in [0.717, 1.165) is 16.9 Å². The van der Waals surface area contributed by atoms with Gasteiger partial charge in [-0.25, -0.2) is 0 Å². The molecule has 0 saturated heterocycles. The normalized spacial score (nSPS) is 14.4. The first-order valence-electron chi connectivity index (χ1n) is 9.71. The lowest BCUT2D eigenvalue weighted by Gasteiger charge is -2.24. The molecule has 3 atom stereocenters. The standard InChI is InChI=1S/C22H32N2O4/c1-16(20(14-26)24-11-18-7-3-5-9-21(18)27)15-28-22-10-6-4-8-19(22)12-23-17(2)13-25/h3-10,16-17,20,23-27H,11-15H2,1-2H3/t16?,17-,20+/m0/s1. The highest BCUT2D eigenvalue weighted by Gasteiger charge is 2.18. The predicted octanol–water partition coefficient (Wildman–Crippen LogP) is 2.03. The van der Waals surface area contributed by atoms with Crippen molar-refractivity contribution in [2.75, 3.05) is 19.8 Å².